The van der Waals surface area contributed by atoms with Gasteiger partial charge in [-0.1, -0.05) is 40.0 Å². The van der Waals surface area contributed by atoms with Gasteiger partial charge in [-0.2, -0.15) is 0 Å². The molecule has 2 rings (SSSR count). The first-order valence-electron chi connectivity index (χ1n) is 7.84. The highest BCUT2D eigenvalue weighted by atomic mass is 16.3. The molecule has 0 bridgehead atoms. The standard InChI is InChI=1S/C16H31NO/c1-15(2,3)14-7-11-17(12-8-14)13-16(18)9-5-4-6-10-16/h14,18H,4-13H2,1-3H3. The predicted octanol–water partition coefficient (Wildman–Crippen LogP) is 3.44. The second kappa shape index (κ2) is 5.50. The number of hydrogen-bond donors (Lipinski definition) is 1. The van der Waals surface area contributed by atoms with E-state index in [1.165, 1.54) is 45.2 Å². The van der Waals surface area contributed by atoms with Gasteiger partial charge < -0.3 is 10.0 Å². The monoisotopic (exact) mass is 253 g/mol. The van der Waals surface area contributed by atoms with Crippen molar-refractivity contribution in [2.75, 3.05) is 19.6 Å². The summed E-state index contributed by atoms with van der Waals surface area (Å²) in [5, 5.41) is 10.6. The maximum absolute atomic E-state index is 10.6. The van der Waals surface area contributed by atoms with E-state index in [-0.39, 0.29) is 5.60 Å². The minimum atomic E-state index is -0.368. The quantitative estimate of drug-likeness (QED) is 0.815. The van der Waals surface area contributed by atoms with Gasteiger partial charge in [0.25, 0.3) is 0 Å². The van der Waals surface area contributed by atoms with Crippen LogP contribution in [-0.2, 0) is 0 Å². The van der Waals surface area contributed by atoms with E-state index in [0.717, 1.165) is 25.3 Å². The predicted molar refractivity (Wildman–Crippen MR) is 76.7 cm³/mol. The molecule has 2 aliphatic rings. The van der Waals surface area contributed by atoms with Crippen LogP contribution in [-0.4, -0.2) is 35.2 Å². The molecule has 0 atom stereocenters. The lowest BCUT2D eigenvalue weighted by molar-refractivity contribution is -0.0365. The van der Waals surface area contributed by atoms with Gasteiger partial charge in [0.15, 0.2) is 0 Å². The Balaban J connectivity index is 1.79. The van der Waals surface area contributed by atoms with Gasteiger partial charge in [-0.15, -0.1) is 0 Å². The highest BCUT2D eigenvalue weighted by molar-refractivity contribution is 4.88. The van der Waals surface area contributed by atoms with Gasteiger partial charge in [-0.05, 0) is 50.1 Å². The van der Waals surface area contributed by atoms with Gasteiger partial charge in [-0.25, -0.2) is 0 Å². The minimum absolute atomic E-state index is 0.368. The molecule has 1 heterocycles. The van der Waals surface area contributed by atoms with Gasteiger partial charge in [0, 0.05) is 6.54 Å². The summed E-state index contributed by atoms with van der Waals surface area (Å²) in [6, 6.07) is 0. The maximum atomic E-state index is 10.6. The molecule has 0 radical (unpaired) electrons. The van der Waals surface area contributed by atoms with Gasteiger partial charge in [0.2, 0.25) is 0 Å². The number of nitrogens with zero attached hydrogens (tertiary/aromatic N) is 1. The Bertz CT molecular complexity index is 255. The molecule has 2 nitrogen and oxygen atoms in total. The Morgan fingerprint density at radius 2 is 1.61 bits per heavy atom. The summed E-state index contributed by atoms with van der Waals surface area (Å²) >= 11 is 0. The Kier molecular flexibility index (Phi) is 4.38. The third kappa shape index (κ3) is 3.71. The first-order chi connectivity index (χ1) is 8.39. The molecule has 1 saturated carbocycles. The number of likely N-dealkylation sites (tertiary alicyclic amines) is 1. The molecular weight excluding hydrogens is 222 g/mol. The number of aliphatic hydroxyl groups is 1. The zero-order valence-corrected chi connectivity index (χ0v) is 12.5. The highest BCUT2D eigenvalue weighted by Gasteiger charge is 2.34. The molecule has 0 unspecified atom stereocenters. The van der Waals surface area contributed by atoms with Crippen LogP contribution in [0.2, 0.25) is 0 Å². The summed E-state index contributed by atoms with van der Waals surface area (Å²) < 4.78 is 0. The van der Waals surface area contributed by atoms with Crippen LogP contribution < -0.4 is 0 Å². The largest absolute Gasteiger partial charge is 0.389 e. The minimum Gasteiger partial charge on any atom is -0.389 e. The third-order valence-electron chi connectivity index (χ3n) is 5.11. The molecule has 0 spiro atoms. The van der Waals surface area contributed by atoms with Crippen molar-refractivity contribution in [2.24, 2.45) is 11.3 Å². The first kappa shape index (κ1) is 14.3. The molecule has 1 N–H and O–H groups in total. The van der Waals surface area contributed by atoms with Gasteiger partial charge in [0.05, 0.1) is 5.60 Å². The van der Waals surface area contributed by atoms with Crippen molar-refractivity contribution in [3.8, 4) is 0 Å². The van der Waals surface area contributed by atoms with E-state index >= 15 is 0 Å². The summed E-state index contributed by atoms with van der Waals surface area (Å²) in [7, 11) is 0. The molecule has 106 valence electrons. The van der Waals surface area contributed by atoms with Crippen molar-refractivity contribution >= 4 is 0 Å². The van der Waals surface area contributed by atoms with E-state index in [2.05, 4.69) is 25.7 Å². The number of rotatable bonds is 2. The topological polar surface area (TPSA) is 23.5 Å². The lowest BCUT2D eigenvalue weighted by atomic mass is 9.75. The summed E-state index contributed by atoms with van der Waals surface area (Å²) in [5.74, 6) is 0.856. The van der Waals surface area contributed by atoms with Crippen LogP contribution in [0, 0.1) is 11.3 Å². The summed E-state index contributed by atoms with van der Waals surface area (Å²) in [6.07, 6.45) is 8.40. The normalized spacial score (nSPS) is 27.3. The Morgan fingerprint density at radius 1 is 1.06 bits per heavy atom. The van der Waals surface area contributed by atoms with Crippen LogP contribution in [0.3, 0.4) is 0 Å². The van der Waals surface area contributed by atoms with Crippen molar-refractivity contribution in [1.82, 2.24) is 4.90 Å². The van der Waals surface area contributed by atoms with E-state index in [0.29, 0.717) is 5.41 Å². The fourth-order valence-corrected chi connectivity index (χ4v) is 3.74. The van der Waals surface area contributed by atoms with Crippen molar-refractivity contribution in [1.29, 1.82) is 0 Å². The summed E-state index contributed by atoms with van der Waals surface area (Å²) in [6.45, 7) is 10.4. The van der Waals surface area contributed by atoms with Crippen LogP contribution in [0.1, 0.15) is 65.7 Å². The highest BCUT2D eigenvalue weighted by Crippen LogP contribution is 2.35. The molecule has 0 aromatic carbocycles. The molecular formula is C16H31NO. The molecule has 0 amide bonds. The van der Waals surface area contributed by atoms with E-state index in [9.17, 15) is 5.11 Å². The number of piperidine rings is 1. The van der Waals surface area contributed by atoms with Crippen molar-refractivity contribution in [2.45, 2.75) is 71.3 Å². The fourth-order valence-electron chi connectivity index (χ4n) is 3.74. The smallest absolute Gasteiger partial charge is 0.0774 e. The molecule has 18 heavy (non-hydrogen) atoms. The average Bonchev–Trinajstić information content (AvgIpc) is 2.29. The fraction of sp³-hybridized carbons (Fsp3) is 1.00. The average molecular weight is 253 g/mol. The van der Waals surface area contributed by atoms with Crippen molar-refractivity contribution in [3.63, 3.8) is 0 Å². The SMILES string of the molecule is CC(C)(C)C1CCN(CC2(O)CCCCC2)CC1. The van der Waals surface area contributed by atoms with Crippen molar-refractivity contribution in [3.05, 3.63) is 0 Å². The van der Waals surface area contributed by atoms with E-state index < -0.39 is 0 Å². The van der Waals surface area contributed by atoms with E-state index in [4.69, 9.17) is 0 Å². The molecule has 0 aromatic rings. The zero-order valence-electron chi connectivity index (χ0n) is 12.5. The van der Waals surface area contributed by atoms with Crippen LogP contribution >= 0.6 is 0 Å². The molecule has 2 fully saturated rings. The van der Waals surface area contributed by atoms with E-state index in [1.807, 2.05) is 0 Å². The van der Waals surface area contributed by atoms with Crippen molar-refractivity contribution < 1.29 is 5.11 Å². The lowest BCUT2D eigenvalue weighted by Crippen LogP contribution is -2.48. The summed E-state index contributed by atoms with van der Waals surface area (Å²) in [4.78, 5) is 2.51. The Hall–Kier alpha value is -0.0800. The molecule has 1 aliphatic carbocycles. The molecule has 2 heteroatoms. The number of hydrogen-bond acceptors (Lipinski definition) is 2. The lowest BCUT2D eigenvalue weighted by Gasteiger charge is -2.42. The van der Waals surface area contributed by atoms with Crippen LogP contribution in [0.4, 0.5) is 0 Å². The molecule has 0 aromatic heterocycles. The Morgan fingerprint density at radius 3 is 2.11 bits per heavy atom. The number of β-amino-alcohol motifs (C(OH)–C–C–N with tert-alkyl or cyclic N) is 1. The van der Waals surface area contributed by atoms with Gasteiger partial charge in [-0.3, -0.25) is 0 Å². The first-order valence-corrected chi connectivity index (χ1v) is 7.84. The molecule has 1 aliphatic heterocycles. The second-order valence-corrected chi connectivity index (χ2v) is 7.70. The summed E-state index contributed by atoms with van der Waals surface area (Å²) in [5.41, 5.74) is 0.0840. The zero-order chi connectivity index (χ0) is 13.2. The van der Waals surface area contributed by atoms with Gasteiger partial charge >= 0.3 is 0 Å². The third-order valence-corrected chi connectivity index (χ3v) is 5.11. The Labute approximate surface area is 113 Å². The van der Waals surface area contributed by atoms with E-state index in [1.54, 1.807) is 0 Å². The molecule has 1 saturated heterocycles. The van der Waals surface area contributed by atoms with Crippen LogP contribution in [0.5, 0.6) is 0 Å². The maximum Gasteiger partial charge on any atom is 0.0774 e. The van der Waals surface area contributed by atoms with Crippen LogP contribution in [0.15, 0.2) is 0 Å². The second-order valence-electron chi connectivity index (χ2n) is 7.70. The van der Waals surface area contributed by atoms with Crippen LogP contribution in [0.25, 0.3) is 0 Å². The van der Waals surface area contributed by atoms with Gasteiger partial charge in [0.1, 0.15) is 0 Å².